The lowest BCUT2D eigenvalue weighted by atomic mass is 10.1. The Morgan fingerprint density at radius 2 is 1.94 bits per heavy atom. The van der Waals surface area contributed by atoms with Crippen LogP contribution in [0.2, 0.25) is 0 Å². The summed E-state index contributed by atoms with van der Waals surface area (Å²) in [6.07, 6.45) is 4.99. The van der Waals surface area contributed by atoms with E-state index in [4.69, 9.17) is 4.74 Å². The number of methoxy groups -OCH3 is 1. The molecule has 1 N–H and O–H groups in total. The summed E-state index contributed by atoms with van der Waals surface area (Å²) in [5.74, 6) is -0.743. The van der Waals surface area contributed by atoms with E-state index >= 15 is 0 Å². The van der Waals surface area contributed by atoms with E-state index in [1.165, 1.54) is 41.5 Å². The number of ether oxygens (including phenoxy) is 1. The number of hydrogen-bond acceptors (Lipinski definition) is 7. The van der Waals surface area contributed by atoms with Crippen LogP contribution in [0.25, 0.3) is 10.2 Å². The van der Waals surface area contributed by atoms with Crippen LogP contribution in [0.4, 0.5) is 5.00 Å². The topological polar surface area (TPSA) is 89.8 Å². The minimum atomic E-state index is -0.414. The van der Waals surface area contributed by atoms with Crippen LogP contribution in [0.3, 0.4) is 0 Å². The van der Waals surface area contributed by atoms with Crippen LogP contribution in [0, 0.1) is 6.92 Å². The summed E-state index contributed by atoms with van der Waals surface area (Å²) >= 11 is 4.15. The van der Waals surface area contributed by atoms with E-state index in [2.05, 4.69) is 16.4 Å². The summed E-state index contributed by atoms with van der Waals surface area (Å²) in [5.41, 5.74) is 3.69. The Labute approximate surface area is 210 Å². The van der Waals surface area contributed by atoms with Crippen molar-refractivity contribution < 1.29 is 19.1 Å². The van der Waals surface area contributed by atoms with Gasteiger partial charge in [-0.2, -0.15) is 4.99 Å². The normalized spacial score (nSPS) is 14.0. The van der Waals surface area contributed by atoms with Crippen molar-refractivity contribution in [2.45, 2.75) is 39.0 Å². The van der Waals surface area contributed by atoms with Crippen molar-refractivity contribution in [3.05, 3.63) is 44.6 Å². The zero-order valence-corrected chi connectivity index (χ0v) is 21.9. The Bertz CT molecular complexity index is 1320. The number of thioether (sulfide) groups is 1. The van der Waals surface area contributed by atoms with Crippen LogP contribution in [-0.2, 0) is 34.2 Å². The van der Waals surface area contributed by atoms with Crippen molar-refractivity contribution in [3.8, 4) is 0 Å². The Balaban J connectivity index is 1.39. The number of aryl methyl sites for hydroxylation is 3. The quantitative estimate of drug-likeness (QED) is 0.385. The van der Waals surface area contributed by atoms with Gasteiger partial charge in [0.25, 0.3) is 5.91 Å². The third-order valence-electron chi connectivity index (χ3n) is 5.71. The van der Waals surface area contributed by atoms with Gasteiger partial charge in [-0.1, -0.05) is 23.8 Å². The molecule has 0 spiro atoms. The number of thiophene rings is 1. The highest BCUT2D eigenvalue weighted by Gasteiger charge is 2.26. The van der Waals surface area contributed by atoms with Crippen LogP contribution in [0.15, 0.2) is 23.2 Å². The third-order valence-corrected chi connectivity index (χ3v) is 8.93. The van der Waals surface area contributed by atoms with Gasteiger partial charge in [-0.15, -0.1) is 23.1 Å². The molecule has 0 radical (unpaired) electrons. The molecule has 0 aliphatic heterocycles. The van der Waals surface area contributed by atoms with Gasteiger partial charge in [0.15, 0.2) is 4.80 Å². The highest BCUT2D eigenvalue weighted by molar-refractivity contribution is 8.00. The first-order valence-electron chi connectivity index (χ1n) is 11.1. The highest BCUT2D eigenvalue weighted by Crippen LogP contribution is 2.38. The summed E-state index contributed by atoms with van der Waals surface area (Å²) in [5, 5.41) is 3.42. The molecule has 3 aromatic rings. The molecular formula is C24H27N3O4S3. The molecule has 0 saturated heterocycles. The molecule has 0 unspecified atom stereocenters. The standard InChI is InChI=1S/C24H27N3O4S3/c1-14-9-10-16-18(11-14)34-24(27(16)2)26-20(29)13-32-12-19(28)25-22-21(23(30)31-3)15-7-5-4-6-8-17(15)33-22/h9-11H,4-8,12-13H2,1-3H3,(H,25,28). The molecule has 0 bridgehead atoms. The molecule has 10 heteroatoms. The molecule has 1 aliphatic rings. The number of fused-ring (bicyclic) bond motifs is 2. The number of hydrogen-bond donors (Lipinski definition) is 1. The predicted octanol–water partition coefficient (Wildman–Crippen LogP) is 4.46. The van der Waals surface area contributed by atoms with Crippen molar-refractivity contribution >= 4 is 67.4 Å². The Morgan fingerprint density at radius 1 is 1.15 bits per heavy atom. The van der Waals surface area contributed by atoms with Crippen LogP contribution in [0.5, 0.6) is 0 Å². The highest BCUT2D eigenvalue weighted by atomic mass is 32.2. The number of rotatable bonds is 6. The molecule has 2 aromatic heterocycles. The maximum Gasteiger partial charge on any atom is 0.341 e. The number of amides is 2. The van der Waals surface area contributed by atoms with Crippen LogP contribution in [-0.4, -0.2) is 41.0 Å². The van der Waals surface area contributed by atoms with E-state index in [9.17, 15) is 14.4 Å². The van der Waals surface area contributed by atoms with Gasteiger partial charge in [0.1, 0.15) is 5.00 Å². The SMILES string of the molecule is COC(=O)c1c(NC(=O)CSCC(=O)N=c2sc3cc(C)ccc3n2C)sc2c1CCCCC2. The maximum absolute atomic E-state index is 12.6. The van der Waals surface area contributed by atoms with Crippen LogP contribution in [0.1, 0.15) is 45.6 Å². The molecule has 34 heavy (non-hydrogen) atoms. The molecule has 1 aromatic carbocycles. The second-order valence-electron chi connectivity index (χ2n) is 8.22. The van der Waals surface area contributed by atoms with Crippen molar-refractivity contribution in [1.82, 2.24) is 4.57 Å². The van der Waals surface area contributed by atoms with E-state index in [0.29, 0.717) is 15.4 Å². The van der Waals surface area contributed by atoms with Crippen molar-refractivity contribution in [2.75, 3.05) is 23.9 Å². The molecule has 180 valence electrons. The van der Waals surface area contributed by atoms with Gasteiger partial charge in [0, 0.05) is 11.9 Å². The van der Waals surface area contributed by atoms with Crippen LogP contribution < -0.4 is 10.1 Å². The second kappa shape index (κ2) is 10.9. The number of nitrogens with zero attached hydrogens (tertiary/aromatic N) is 2. The number of nitrogens with one attached hydrogen (secondary N) is 1. The first-order valence-corrected chi connectivity index (χ1v) is 13.9. The van der Waals surface area contributed by atoms with Gasteiger partial charge >= 0.3 is 5.97 Å². The average molecular weight is 518 g/mol. The molecular weight excluding hydrogens is 490 g/mol. The van der Waals surface area contributed by atoms with Crippen molar-refractivity contribution in [2.24, 2.45) is 12.0 Å². The fraction of sp³-hybridized carbons (Fsp3) is 0.417. The average Bonchev–Trinajstić information content (AvgIpc) is 3.18. The predicted molar refractivity (Wildman–Crippen MR) is 139 cm³/mol. The molecule has 2 amide bonds. The summed E-state index contributed by atoms with van der Waals surface area (Å²) in [7, 11) is 3.25. The smallest absolute Gasteiger partial charge is 0.341 e. The monoisotopic (exact) mass is 517 g/mol. The first-order chi connectivity index (χ1) is 16.4. The number of carbonyl (C=O) groups excluding carboxylic acids is 3. The van der Waals surface area contributed by atoms with E-state index in [0.717, 1.165) is 58.3 Å². The van der Waals surface area contributed by atoms with E-state index < -0.39 is 5.97 Å². The fourth-order valence-electron chi connectivity index (χ4n) is 4.03. The molecule has 0 fully saturated rings. The molecule has 7 nitrogen and oxygen atoms in total. The maximum atomic E-state index is 12.6. The lowest BCUT2D eigenvalue weighted by molar-refractivity contribution is -0.115. The Hall–Kier alpha value is -2.43. The van der Waals surface area contributed by atoms with Gasteiger partial charge in [0.2, 0.25) is 5.91 Å². The van der Waals surface area contributed by atoms with Gasteiger partial charge in [-0.05, 0) is 55.9 Å². The van der Waals surface area contributed by atoms with E-state index in [-0.39, 0.29) is 23.3 Å². The number of esters is 1. The fourth-order valence-corrected chi connectivity index (χ4v) is 7.06. The van der Waals surface area contributed by atoms with Crippen LogP contribution >= 0.6 is 34.4 Å². The lowest BCUT2D eigenvalue weighted by Crippen LogP contribution is -2.18. The molecule has 4 rings (SSSR count). The largest absolute Gasteiger partial charge is 0.465 e. The Morgan fingerprint density at radius 3 is 2.74 bits per heavy atom. The number of aromatic nitrogens is 1. The van der Waals surface area contributed by atoms with E-state index in [1.54, 1.807) is 0 Å². The van der Waals surface area contributed by atoms with Crippen molar-refractivity contribution in [1.29, 1.82) is 0 Å². The molecule has 0 saturated carbocycles. The number of benzene rings is 1. The first kappa shape index (κ1) is 24.7. The lowest BCUT2D eigenvalue weighted by Gasteiger charge is -2.07. The zero-order chi connectivity index (χ0) is 24.2. The minimum absolute atomic E-state index is 0.0994. The molecule has 1 aliphatic carbocycles. The van der Waals surface area contributed by atoms with Gasteiger partial charge in [-0.3, -0.25) is 9.59 Å². The summed E-state index contributed by atoms with van der Waals surface area (Å²) < 4.78 is 7.97. The summed E-state index contributed by atoms with van der Waals surface area (Å²) in [4.78, 5) is 43.4. The third kappa shape index (κ3) is 5.45. The number of thiazole rings is 1. The molecule has 0 atom stereocenters. The van der Waals surface area contributed by atoms with Gasteiger partial charge < -0.3 is 14.6 Å². The van der Waals surface area contributed by atoms with E-state index in [1.807, 2.05) is 30.7 Å². The number of anilines is 1. The Kier molecular flexibility index (Phi) is 7.90. The number of carbonyl (C=O) groups is 3. The van der Waals surface area contributed by atoms with Gasteiger partial charge in [0.05, 0.1) is 34.4 Å². The molecule has 2 heterocycles. The van der Waals surface area contributed by atoms with Gasteiger partial charge in [-0.25, -0.2) is 4.79 Å². The van der Waals surface area contributed by atoms with Crippen molar-refractivity contribution in [3.63, 3.8) is 0 Å². The second-order valence-corrected chi connectivity index (χ2v) is 11.3. The zero-order valence-electron chi connectivity index (χ0n) is 19.4. The summed E-state index contributed by atoms with van der Waals surface area (Å²) in [6, 6.07) is 6.14. The minimum Gasteiger partial charge on any atom is -0.465 e. The summed E-state index contributed by atoms with van der Waals surface area (Å²) in [6.45, 7) is 2.03.